The number of rotatable bonds is 6. The zero-order chi connectivity index (χ0) is 25.9. The normalized spacial score (nSPS) is 15.5. The van der Waals surface area contributed by atoms with E-state index in [1.54, 1.807) is 65.6 Å². The Kier molecular flexibility index (Phi) is 7.66. The Bertz CT molecular complexity index is 1390. The molecular formula is C27H28ClN3O4S. The maximum Gasteiger partial charge on any atom is 0.322 e. The molecule has 4 rings (SSSR count). The van der Waals surface area contributed by atoms with Crippen molar-refractivity contribution in [3.63, 3.8) is 0 Å². The van der Waals surface area contributed by atoms with Crippen molar-refractivity contribution in [2.75, 3.05) is 23.4 Å². The van der Waals surface area contributed by atoms with Crippen LogP contribution in [0, 0.1) is 0 Å². The zero-order valence-electron chi connectivity index (χ0n) is 20.1. The molecule has 3 aromatic carbocycles. The Labute approximate surface area is 216 Å². The van der Waals surface area contributed by atoms with Crippen LogP contribution in [-0.4, -0.2) is 44.1 Å². The van der Waals surface area contributed by atoms with Gasteiger partial charge in [-0.3, -0.25) is 4.79 Å². The van der Waals surface area contributed by atoms with Crippen LogP contribution in [0.15, 0.2) is 71.6 Å². The zero-order valence-corrected chi connectivity index (χ0v) is 21.7. The molecule has 0 spiro atoms. The number of hydrogen-bond donors (Lipinski definition) is 2. The van der Waals surface area contributed by atoms with E-state index in [1.165, 1.54) is 6.26 Å². The topological polar surface area (TPSA) is 95.6 Å². The summed E-state index contributed by atoms with van der Waals surface area (Å²) >= 11 is 5.91. The van der Waals surface area contributed by atoms with Crippen molar-refractivity contribution in [2.24, 2.45) is 0 Å². The van der Waals surface area contributed by atoms with Gasteiger partial charge in [0.05, 0.1) is 4.90 Å². The molecule has 9 heteroatoms. The molecule has 0 aliphatic carbocycles. The standard InChI is InChI=1S/C27H28ClN3O4S/c1-3-18-17-19(22-7-4-5-9-25(22)36(2,34)35)10-15-23(18)30-26(32)24-8-6-16-31(24)27(33)29-21-13-11-20(28)12-14-21/h4-5,7,9-15,17,24H,3,6,8,16H2,1-2H3,(H,29,33)(H,30,32). The minimum atomic E-state index is -3.40. The Morgan fingerprint density at radius 3 is 2.44 bits per heavy atom. The number of anilines is 2. The number of likely N-dealkylation sites (tertiary alicyclic amines) is 1. The molecule has 1 aliphatic heterocycles. The predicted molar refractivity (Wildman–Crippen MR) is 143 cm³/mol. The van der Waals surface area contributed by atoms with Gasteiger partial charge in [0.1, 0.15) is 6.04 Å². The van der Waals surface area contributed by atoms with Crippen molar-refractivity contribution >= 4 is 44.8 Å². The maximum absolute atomic E-state index is 13.2. The number of carbonyl (C=O) groups excluding carboxylic acids is 2. The quantitative estimate of drug-likeness (QED) is 0.437. The van der Waals surface area contributed by atoms with Crippen LogP contribution in [0.1, 0.15) is 25.3 Å². The van der Waals surface area contributed by atoms with Crippen LogP contribution in [0.3, 0.4) is 0 Å². The third-order valence-corrected chi connectivity index (χ3v) is 7.66. The lowest BCUT2D eigenvalue weighted by Crippen LogP contribution is -2.45. The highest BCUT2D eigenvalue weighted by Gasteiger charge is 2.34. The average molecular weight is 526 g/mol. The van der Waals surface area contributed by atoms with Gasteiger partial charge in [0, 0.05) is 34.8 Å². The SMILES string of the molecule is CCc1cc(-c2ccccc2S(C)(=O)=O)ccc1NC(=O)C1CCCN1C(=O)Nc1ccc(Cl)cc1. The van der Waals surface area contributed by atoms with Gasteiger partial charge in [-0.05, 0) is 72.9 Å². The number of nitrogens with one attached hydrogen (secondary N) is 2. The van der Waals surface area contributed by atoms with E-state index >= 15 is 0 Å². The van der Waals surface area contributed by atoms with Gasteiger partial charge >= 0.3 is 6.03 Å². The van der Waals surface area contributed by atoms with Crippen LogP contribution in [0.25, 0.3) is 11.1 Å². The number of aryl methyl sites for hydroxylation is 1. The van der Waals surface area contributed by atoms with E-state index in [4.69, 9.17) is 11.6 Å². The van der Waals surface area contributed by atoms with Crippen LogP contribution in [0.5, 0.6) is 0 Å². The number of amides is 3. The molecule has 1 heterocycles. The van der Waals surface area contributed by atoms with Crippen LogP contribution < -0.4 is 10.6 Å². The monoisotopic (exact) mass is 525 g/mol. The molecule has 0 saturated carbocycles. The summed E-state index contributed by atoms with van der Waals surface area (Å²) in [6.45, 7) is 2.46. The van der Waals surface area contributed by atoms with Gasteiger partial charge < -0.3 is 15.5 Å². The van der Waals surface area contributed by atoms with Gasteiger partial charge in [0.2, 0.25) is 5.91 Å². The first-order valence-electron chi connectivity index (χ1n) is 11.7. The van der Waals surface area contributed by atoms with Crippen molar-refractivity contribution in [1.82, 2.24) is 4.90 Å². The smallest absolute Gasteiger partial charge is 0.322 e. The van der Waals surface area contributed by atoms with Crippen LogP contribution in [-0.2, 0) is 21.1 Å². The van der Waals surface area contributed by atoms with Gasteiger partial charge in [0.15, 0.2) is 9.84 Å². The van der Waals surface area contributed by atoms with Crippen molar-refractivity contribution in [2.45, 2.75) is 37.1 Å². The van der Waals surface area contributed by atoms with Gasteiger partial charge in [-0.2, -0.15) is 0 Å². The fourth-order valence-corrected chi connectivity index (χ4v) is 5.47. The van der Waals surface area contributed by atoms with Gasteiger partial charge in [0.25, 0.3) is 0 Å². The number of nitrogens with zero attached hydrogens (tertiary/aromatic N) is 1. The maximum atomic E-state index is 13.2. The number of sulfone groups is 1. The second-order valence-electron chi connectivity index (χ2n) is 8.77. The van der Waals surface area contributed by atoms with E-state index in [0.717, 1.165) is 17.5 Å². The molecular weight excluding hydrogens is 498 g/mol. The molecule has 7 nitrogen and oxygen atoms in total. The number of benzene rings is 3. The molecule has 1 unspecified atom stereocenters. The summed E-state index contributed by atoms with van der Waals surface area (Å²) in [6, 6.07) is 18.2. The minimum Gasteiger partial charge on any atom is -0.324 e. The molecule has 0 bridgehead atoms. The van der Waals surface area contributed by atoms with E-state index < -0.39 is 15.9 Å². The van der Waals surface area contributed by atoms with E-state index in [9.17, 15) is 18.0 Å². The highest BCUT2D eigenvalue weighted by Crippen LogP contribution is 2.31. The summed E-state index contributed by atoms with van der Waals surface area (Å²) in [5, 5.41) is 6.38. The highest BCUT2D eigenvalue weighted by atomic mass is 35.5. The Hall–Kier alpha value is -3.36. The molecule has 0 aromatic heterocycles. The van der Waals surface area contributed by atoms with E-state index in [1.807, 2.05) is 13.0 Å². The molecule has 2 N–H and O–H groups in total. The van der Waals surface area contributed by atoms with Crippen LogP contribution in [0.2, 0.25) is 5.02 Å². The molecule has 36 heavy (non-hydrogen) atoms. The Morgan fingerprint density at radius 2 is 1.75 bits per heavy atom. The van der Waals surface area contributed by atoms with Crippen molar-refractivity contribution < 1.29 is 18.0 Å². The number of hydrogen-bond acceptors (Lipinski definition) is 4. The van der Waals surface area contributed by atoms with Crippen LogP contribution in [0.4, 0.5) is 16.2 Å². The van der Waals surface area contributed by atoms with Crippen LogP contribution >= 0.6 is 11.6 Å². The fraction of sp³-hybridized carbons (Fsp3) is 0.259. The lowest BCUT2D eigenvalue weighted by molar-refractivity contribution is -0.119. The number of halogens is 1. The first-order valence-corrected chi connectivity index (χ1v) is 14.0. The van der Waals surface area contributed by atoms with Crippen molar-refractivity contribution in [3.05, 3.63) is 77.3 Å². The Balaban J connectivity index is 1.52. The molecule has 1 fully saturated rings. The highest BCUT2D eigenvalue weighted by molar-refractivity contribution is 7.90. The van der Waals surface area contributed by atoms with Gasteiger partial charge in [-0.1, -0.05) is 42.8 Å². The average Bonchev–Trinajstić information content (AvgIpc) is 3.36. The van der Waals surface area contributed by atoms with Crippen molar-refractivity contribution in [1.29, 1.82) is 0 Å². The third-order valence-electron chi connectivity index (χ3n) is 6.25. The molecule has 3 amide bonds. The molecule has 1 saturated heterocycles. The molecule has 1 aliphatic rings. The van der Waals surface area contributed by atoms with Gasteiger partial charge in [-0.15, -0.1) is 0 Å². The predicted octanol–water partition coefficient (Wildman–Crippen LogP) is 5.61. The summed E-state index contributed by atoms with van der Waals surface area (Å²) < 4.78 is 24.5. The summed E-state index contributed by atoms with van der Waals surface area (Å²) in [5.74, 6) is -0.252. The van der Waals surface area contributed by atoms with Gasteiger partial charge in [-0.25, -0.2) is 13.2 Å². The number of carbonyl (C=O) groups is 2. The second kappa shape index (κ2) is 10.7. The minimum absolute atomic E-state index is 0.252. The second-order valence-corrected chi connectivity index (χ2v) is 11.2. The molecule has 188 valence electrons. The summed E-state index contributed by atoms with van der Waals surface area (Å²) in [7, 11) is -3.40. The molecule has 0 radical (unpaired) electrons. The fourth-order valence-electron chi connectivity index (χ4n) is 4.43. The molecule has 1 atom stereocenters. The van der Waals surface area contributed by atoms with E-state index in [0.29, 0.717) is 41.3 Å². The van der Waals surface area contributed by atoms with E-state index in [2.05, 4.69) is 10.6 Å². The first kappa shape index (κ1) is 25.7. The summed E-state index contributed by atoms with van der Waals surface area (Å²) in [4.78, 5) is 27.9. The third kappa shape index (κ3) is 5.71. The van der Waals surface area contributed by atoms with E-state index in [-0.39, 0.29) is 16.8 Å². The lowest BCUT2D eigenvalue weighted by Gasteiger charge is -2.25. The molecule has 3 aromatic rings. The Morgan fingerprint density at radius 1 is 1.03 bits per heavy atom. The lowest BCUT2D eigenvalue weighted by atomic mass is 10.00. The first-order chi connectivity index (χ1) is 17.2. The largest absolute Gasteiger partial charge is 0.324 e. The number of urea groups is 1. The summed E-state index contributed by atoms with van der Waals surface area (Å²) in [5.41, 5.74) is 3.50. The van der Waals surface area contributed by atoms with Crippen molar-refractivity contribution in [3.8, 4) is 11.1 Å². The summed E-state index contributed by atoms with van der Waals surface area (Å²) in [6.07, 6.45) is 3.13.